The van der Waals surface area contributed by atoms with Gasteiger partial charge in [-0.3, -0.25) is 4.79 Å². The lowest BCUT2D eigenvalue weighted by atomic mass is 10.1. The minimum atomic E-state index is -3.54. The number of aromatic nitrogens is 1. The third kappa shape index (κ3) is 5.18. The summed E-state index contributed by atoms with van der Waals surface area (Å²) in [7, 11) is -3.54. The van der Waals surface area contributed by atoms with Crippen LogP contribution in [0, 0.1) is 6.92 Å². The predicted octanol–water partition coefficient (Wildman–Crippen LogP) is 3.47. The van der Waals surface area contributed by atoms with Gasteiger partial charge < -0.3 is 14.6 Å². The monoisotopic (exact) mass is 463 g/mol. The van der Waals surface area contributed by atoms with Crippen molar-refractivity contribution in [2.24, 2.45) is 0 Å². The number of sulfonamides is 1. The molecule has 2 heterocycles. The maximum absolute atomic E-state index is 12.7. The fourth-order valence-corrected chi connectivity index (χ4v) is 5.03. The number of carbonyl (C=O) groups excluding carboxylic acids is 2. The highest BCUT2D eigenvalue weighted by atomic mass is 32.2. The molecule has 1 aliphatic rings. The molecular formula is C22H29N3O6S. The van der Waals surface area contributed by atoms with Crippen LogP contribution in [0.2, 0.25) is 0 Å². The highest BCUT2D eigenvalue weighted by Gasteiger charge is 2.28. The number of amides is 1. The van der Waals surface area contributed by atoms with E-state index in [9.17, 15) is 18.0 Å². The zero-order valence-electron chi connectivity index (χ0n) is 18.8. The summed E-state index contributed by atoms with van der Waals surface area (Å²) >= 11 is 0. The van der Waals surface area contributed by atoms with E-state index in [0.717, 1.165) is 19.3 Å². The number of esters is 1. The first-order chi connectivity index (χ1) is 15.1. The Kier molecular flexibility index (Phi) is 7.35. The fraction of sp³-hybridized carbons (Fsp3) is 0.500. The number of anilines is 1. The number of hydrogen-bond donors (Lipinski definition) is 1. The number of ether oxygens (including phenoxy) is 1. The van der Waals surface area contributed by atoms with Gasteiger partial charge in [-0.15, -0.1) is 0 Å². The Morgan fingerprint density at radius 1 is 1.09 bits per heavy atom. The van der Waals surface area contributed by atoms with Crippen molar-refractivity contribution in [1.29, 1.82) is 0 Å². The van der Waals surface area contributed by atoms with Gasteiger partial charge in [0.05, 0.1) is 10.6 Å². The second-order valence-corrected chi connectivity index (χ2v) is 10.1. The van der Waals surface area contributed by atoms with Crippen molar-refractivity contribution in [3.8, 4) is 0 Å². The summed E-state index contributed by atoms with van der Waals surface area (Å²) in [6, 6.07) is 5.96. The highest BCUT2D eigenvalue weighted by molar-refractivity contribution is 7.89. The van der Waals surface area contributed by atoms with Crippen molar-refractivity contribution >= 4 is 27.6 Å². The smallest absolute Gasteiger partial charge is 0.344 e. The van der Waals surface area contributed by atoms with Gasteiger partial charge in [0.1, 0.15) is 5.56 Å². The minimum Gasteiger partial charge on any atom is -0.449 e. The highest BCUT2D eigenvalue weighted by Crippen LogP contribution is 2.24. The standard InChI is InChI=1S/C22H29N3O6S/c1-14(2)20-19(15(3)24-31-20)22(27)30-16(4)21(26)23-17-8-10-18(11-9-17)32(28,29)25-12-6-5-7-13-25/h8-11,14,16H,5-7,12-13H2,1-4H3,(H,23,26). The van der Waals surface area contributed by atoms with E-state index in [1.165, 1.54) is 35.5 Å². The average molecular weight is 464 g/mol. The summed E-state index contributed by atoms with van der Waals surface area (Å²) in [6.07, 6.45) is 1.68. The molecule has 0 radical (unpaired) electrons. The van der Waals surface area contributed by atoms with E-state index in [2.05, 4.69) is 10.5 Å². The molecule has 32 heavy (non-hydrogen) atoms. The Hall–Kier alpha value is -2.72. The molecule has 0 aliphatic carbocycles. The maximum Gasteiger partial charge on any atom is 0.344 e. The molecule has 1 fully saturated rings. The molecule has 10 heteroatoms. The van der Waals surface area contributed by atoms with Crippen molar-refractivity contribution in [2.45, 2.75) is 63.9 Å². The van der Waals surface area contributed by atoms with Crippen LogP contribution in [0.25, 0.3) is 0 Å². The van der Waals surface area contributed by atoms with Gasteiger partial charge in [0.15, 0.2) is 11.9 Å². The summed E-state index contributed by atoms with van der Waals surface area (Å²) in [5.74, 6) is -0.878. The Balaban J connectivity index is 1.63. The molecule has 1 amide bonds. The topological polar surface area (TPSA) is 119 Å². The third-order valence-electron chi connectivity index (χ3n) is 5.35. The SMILES string of the molecule is Cc1noc(C(C)C)c1C(=O)OC(C)C(=O)Nc1ccc(S(=O)(=O)N2CCCCC2)cc1. The lowest BCUT2D eigenvalue weighted by Gasteiger charge is -2.25. The fourth-order valence-electron chi connectivity index (χ4n) is 3.51. The van der Waals surface area contributed by atoms with E-state index in [4.69, 9.17) is 9.26 Å². The Morgan fingerprint density at radius 2 is 1.72 bits per heavy atom. The second kappa shape index (κ2) is 9.83. The van der Waals surface area contributed by atoms with Crippen LogP contribution in [-0.2, 0) is 19.6 Å². The van der Waals surface area contributed by atoms with Gasteiger partial charge in [-0.1, -0.05) is 25.4 Å². The van der Waals surface area contributed by atoms with Crippen LogP contribution in [0.3, 0.4) is 0 Å². The Morgan fingerprint density at radius 3 is 2.31 bits per heavy atom. The molecule has 1 unspecified atom stereocenters. The summed E-state index contributed by atoms with van der Waals surface area (Å²) < 4.78 is 37.5. The molecule has 0 saturated carbocycles. The van der Waals surface area contributed by atoms with Gasteiger partial charge >= 0.3 is 5.97 Å². The van der Waals surface area contributed by atoms with Crippen LogP contribution >= 0.6 is 0 Å². The zero-order chi connectivity index (χ0) is 23.5. The lowest BCUT2D eigenvalue weighted by Crippen LogP contribution is -2.35. The molecule has 1 aliphatic heterocycles. The predicted molar refractivity (Wildman–Crippen MR) is 118 cm³/mol. The van der Waals surface area contributed by atoms with Crippen molar-refractivity contribution in [1.82, 2.24) is 9.46 Å². The molecule has 0 bridgehead atoms. The molecule has 3 rings (SSSR count). The van der Waals surface area contributed by atoms with Gasteiger partial charge in [-0.05, 0) is 51.0 Å². The molecule has 9 nitrogen and oxygen atoms in total. The molecule has 1 aromatic carbocycles. The first kappa shape index (κ1) is 23.9. The zero-order valence-corrected chi connectivity index (χ0v) is 19.6. The number of rotatable bonds is 7. The molecule has 1 aromatic heterocycles. The summed E-state index contributed by atoms with van der Waals surface area (Å²) in [5, 5.41) is 6.45. The van der Waals surface area contributed by atoms with Crippen LogP contribution < -0.4 is 5.32 Å². The Labute approximate surface area is 188 Å². The molecule has 1 N–H and O–H groups in total. The molecule has 1 saturated heterocycles. The summed E-state index contributed by atoms with van der Waals surface area (Å²) in [4.78, 5) is 25.2. The van der Waals surface area contributed by atoms with Gasteiger partial charge in [0.25, 0.3) is 5.91 Å². The van der Waals surface area contributed by atoms with E-state index in [1.54, 1.807) is 6.92 Å². The van der Waals surface area contributed by atoms with Crippen molar-refractivity contribution in [3.63, 3.8) is 0 Å². The first-order valence-electron chi connectivity index (χ1n) is 10.7. The van der Waals surface area contributed by atoms with Crippen molar-refractivity contribution in [2.75, 3.05) is 18.4 Å². The van der Waals surface area contributed by atoms with Crippen LogP contribution in [0.1, 0.15) is 67.8 Å². The molecular weight excluding hydrogens is 434 g/mol. The lowest BCUT2D eigenvalue weighted by molar-refractivity contribution is -0.123. The van der Waals surface area contributed by atoms with E-state index < -0.39 is 28.0 Å². The van der Waals surface area contributed by atoms with Gasteiger partial charge in [0.2, 0.25) is 10.0 Å². The molecule has 174 valence electrons. The minimum absolute atomic E-state index is 0.0670. The number of nitrogens with one attached hydrogen (secondary N) is 1. The van der Waals surface area contributed by atoms with Crippen LogP contribution in [0.4, 0.5) is 5.69 Å². The van der Waals surface area contributed by atoms with Crippen molar-refractivity contribution in [3.05, 3.63) is 41.3 Å². The quantitative estimate of drug-likeness (QED) is 0.625. The first-order valence-corrected chi connectivity index (χ1v) is 12.1. The third-order valence-corrected chi connectivity index (χ3v) is 7.26. The number of hydrogen-bond acceptors (Lipinski definition) is 7. The molecule has 1 atom stereocenters. The average Bonchev–Trinajstić information content (AvgIpc) is 3.16. The van der Waals surface area contributed by atoms with Crippen molar-refractivity contribution < 1.29 is 27.3 Å². The summed E-state index contributed by atoms with van der Waals surface area (Å²) in [6.45, 7) is 7.86. The van der Waals surface area contributed by atoms with E-state index >= 15 is 0 Å². The van der Waals surface area contributed by atoms with Crippen LogP contribution in [0.15, 0.2) is 33.7 Å². The second-order valence-electron chi connectivity index (χ2n) is 8.19. The maximum atomic E-state index is 12.7. The van der Waals surface area contributed by atoms with E-state index in [-0.39, 0.29) is 16.4 Å². The van der Waals surface area contributed by atoms with Crippen LogP contribution in [-0.4, -0.2) is 48.9 Å². The number of piperidine rings is 1. The van der Waals surface area contributed by atoms with E-state index in [0.29, 0.717) is 30.2 Å². The number of benzene rings is 1. The number of nitrogens with zero attached hydrogens (tertiary/aromatic N) is 2. The van der Waals surface area contributed by atoms with Gasteiger partial charge in [0, 0.05) is 24.7 Å². The van der Waals surface area contributed by atoms with Gasteiger partial charge in [-0.2, -0.15) is 4.31 Å². The van der Waals surface area contributed by atoms with Crippen LogP contribution in [0.5, 0.6) is 0 Å². The normalized spacial score (nSPS) is 16.0. The largest absolute Gasteiger partial charge is 0.449 e. The molecule has 2 aromatic rings. The Bertz CT molecular complexity index is 1070. The summed E-state index contributed by atoms with van der Waals surface area (Å²) in [5.41, 5.74) is 1.03. The number of aryl methyl sites for hydroxylation is 1. The number of carbonyl (C=O) groups is 2. The van der Waals surface area contributed by atoms with E-state index in [1.807, 2.05) is 13.8 Å². The molecule has 0 spiro atoms. The van der Waals surface area contributed by atoms with Gasteiger partial charge in [-0.25, -0.2) is 13.2 Å².